The van der Waals surface area contributed by atoms with Gasteiger partial charge in [0.25, 0.3) is 0 Å². The fourth-order valence-corrected chi connectivity index (χ4v) is 1.42. The average molecular weight is 212 g/mol. The van der Waals surface area contributed by atoms with Crippen LogP contribution in [0.5, 0.6) is 0 Å². The Morgan fingerprint density at radius 2 is 2.07 bits per heavy atom. The Kier molecular flexibility index (Phi) is 8.79. The van der Waals surface area contributed by atoms with E-state index >= 15 is 0 Å². The molecule has 0 amide bonds. The van der Waals surface area contributed by atoms with E-state index < -0.39 is 5.97 Å². The fraction of sp³-hybridized carbons (Fsp3) is 0.818. The van der Waals surface area contributed by atoms with Gasteiger partial charge in [-0.1, -0.05) is 13.3 Å². The van der Waals surface area contributed by atoms with Gasteiger partial charge in [-0.3, -0.25) is 4.79 Å². The Balaban J connectivity index is 3.38. The average Bonchev–Trinajstić information content (AvgIpc) is 2.21. The van der Waals surface area contributed by atoms with Crippen LogP contribution in [0, 0.1) is 11.3 Å². The van der Waals surface area contributed by atoms with Crippen molar-refractivity contribution in [2.75, 3.05) is 19.6 Å². The van der Waals surface area contributed by atoms with Crippen molar-refractivity contribution < 1.29 is 9.90 Å². The molecule has 0 aliphatic carbocycles. The number of carboxylic acid groups (broad SMARTS) is 1. The molecule has 0 atom stereocenters. The van der Waals surface area contributed by atoms with Crippen LogP contribution in [0.15, 0.2) is 0 Å². The van der Waals surface area contributed by atoms with Crippen LogP contribution < -0.4 is 0 Å². The molecular formula is C11H20N2O2. The number of carboxylic acids is 1. The topological polar surface area (TPSA) is 64.3 Å². The molecule has 0 aliphatic heterocycles. The Hall–Kier alpha value is -1.08. The zero-order valence-electron chi connectivity index (χ0n) is 9.41. The molecule has 0 aromatic carbocycles. The highest BCUT2D eigenvalue weighted by Crippen LogP contribution is 2.02. The Bertz CT molecular complexity index is 211. The third-order valence-corrected chi connectivity index (χ3v) is 2.35. The zero-order chi connectivity index (χ0) is 11.5. The van der Waals surface area contributed by atoms with Crippen molar-refractivity contribution in [3.05, 3.63) is 0 Å². The molecule has 0 aromatic heterocycles. The van der Waals surface area contributed by atoms with Crippen molar-refractivity contribution in [1.82, 2.24) is 4.90 Å². The number of nitriles is 1. The van der Waals surface area contributed by atoms with E-state index in [2.05, 4.69) is 17.9 Å². The van der Waals surface area contributed by atoms with Gasteiger partial charge in [0.15, 0.2) is 0 Å². The lowest BCUT2D eigenvalue weighted by Crippen LogP contribution is -2.25. The Morgan fingerprint density at radius 3 is 2.60 bits per heavy atom. The van der Waals surface area contributed by atoms with Gasteiger partial charge in [0.1, 0.15) is 0 Å². The predicted molar refractivity (Wildman–Crippen MR) is 58.4 cm³/mol. The molecule has 0 aliphatic rings. The van der Waals surface area contributed by atoms with Crippen molar-refractivity contribution in [2.45, 2.75) is 39.0 Å². The van der Waals surface area contributed by atoms with Crippen LogP contribution in [-0.4, -0.2) is 35.6 Å². The summed E-state index contributed by atoms with van der Waals surface area (Å²) in [5, 5.41) is 16.9. The summed E-state index contributed by atoms with van der Waals surface area (Å²) >= 11 is 0. The molecule has 15 heavy (non-hydrogen) atoms. The normalized spacial score (nSPS) is 10.2. The fourth-order valence-electron chi connectivity index (χ4n) is 1.42. The number of hydrogen-bond donors (Lipinski definition) is 1. The van der Waals surface area contributed by atoms with Crippen LogP contribution in [0.25, 0.3) is 0 Å². The van der Waals surface area contributed by atoms with E-state index in [1.54, 1.807) is 0 Å². The third-order valence-electron chi connectivity index (χ3n) is 2.35. The van der Waals surface area contributed by atoms with Crippen LogP contribution in [0.2, 0.25) is 0 Å². The van der Waals surface area contributed by atoms with Gasteiger partial charge in [0.05, 0.1) is 6.07 Å². The molecule has 0 bridgehead atoms. The summed E-state index contributed by atoms with van der Waals surface area (Å²) in [6.07, 6.45) is 3.57. The number of nitrogens with zero attached hydrogens (tertiary/aromatic N) is 2. The zero-order valence-corrected chi connectivity index (χ0v) is 9.41. The molecule has 0 aromatic rings. The lowest BCUT2D eigenvalue weighted by atomic mass is 10.2. The first-order valence-electron chi connectivity index (χ1n) is 5.51. The summed E-state index contributed by atoms with van der Waals surface area (Å²) in [6, 6.07) is 2.13. The highest BCUT2D eigenvalue weighted by Gasteiger charge is 2.01. The van der Waals surface area contributed by atoms with Gasteiger partial charge in [-0.25, -0.2) is 0 Å². The van der Waals surface area contributed by atoms with Crippen molar-refractivity contribution in [3.8, 4) is 6.07 Å². The molecule has 4 heteroatoms. The molecule has 0 spiro atoms. The minimum absolute atomic E-state index is 0.268. The summed E-state index contributed by atoms with van der Waals surface area (Å²) in [5.74, 6) is -0.716. The molecule has 0 rings (SSSR count). The molecule has 0 radical (unpaired) electrons. The van der Waals surface area contributed by atoms with Gasteiger partial charge in [-0.05, 0) is 25.9 Å². The molecule has 0 saturated carbocycles. The molecule has 0 unspecified atom stereocenters. The first-order valence-corrected chi connectivity index (χ1v) is 5.51. The minimum Gasteiger partial charge on any atom is -0.481 e. The smallest absolute Gasteiger partial charge is 0.303 e. The van der Waals surface area contributed by atoms with Crippen LogP contribution in [0.4, 0.5) is 0 Å². The van der Waals surface area contributed by atoms with E-state index in [1.807, 2.05) is 0 Å². The second-order valence-electron chi connectivity index (χ2n) is 3.55. The van der Waals surface area contributed by atoms with Crippen molar-refractivity contribution >= 4 is 5.97 Å². The van der Waals surface area contributed by atoms with Crippen LogP contribution in [0.1, 0.15) is 39.0 Å². The Labute approximate surface area is 91.5 Å². The van der Waals surface area contributed by atoms with Gasteiger partial charge in [-0.15, -0.1) is 0 Å². The number of hydrogen-bond acceptors (Lipinski definition) is 3. The van der Waals surface area contributed by atoms with E-state index in [0.717, 1.165) is 38.9 Å². The van der Waals surface area contributed by atoms with Crippen molar-refractivity contribution in [2.24, 2.45) is 0 Å². The van der Waals surface area contributed by atoms with E-state index in [0.29, 0.717) is 6.42 Å². The van der Waals surface area contributed by atoms with E-state index in [-0.39, 0.29) is 6.42 Å². The van der Waals surface area contributed by atoms with E-state index in [4.69, 9.17) is 10.4 Å². The molecule has 0 heterocycles. The summed E-state index contributed by atoms with van der Waals surface area (Å²) in [5.41, 5.74) is 0. The Morgan fingerprint density at radius 1 is 1.33 bits per heavy atom. The molecule has 1 N–H and O–H groups in total. The number of aliphatic carboxylic acids is 1. The first kappa shape index (κ1) is 13.9. The minimum atomic E-state index is -0.716. The molecular weight excluding hydrogens is 192 g/mol. The van der Waals surface area contributed by atoms with Gasteiger partial charge in [0, 0.05) is 19.4 Å². The van der Waals surface area contributed by atoms with E-state index in [1.165, 1.54) is 0 Å². The van der Waals surface area contributed by atoms with Crippen molar-refractivity contribution in [3.63, 3.8) is 0 Å². The standard InChI is InChI=1S/C11H20N2O2/c1-2-13(10-6-8-12)9-5-3-4-7-11(14)15/h2-7,9-10H2,1H3,(H,14,15). The highest BCUT2D eigenvalue weighted by molar-refractivity contribution is 5.66. The lowest BCUT2D eigenvalue weighted by molar-refractivity contribution is -0.137. The van der Waals surface area contributed by atoms with Crippen LogP contribution >= 0.6 is 0 Å². The van der Waals surface area contributed by atoms with Crippen LogP contribution in [-0.2, 0) is 4.79 Å². The monoisotopic (exact) mass is 212 g/mol. The number of carbonyl (C=O) groups is 1. The molecule has 0 saturated heterocycles. The predicted octanol–water partition coefficient (Wildman–Crippen LogP) is 1.87. The summed E-state index contributed by atoms with van der Waals surface area (Å²) in [6.45, 7) is 4.83. The second kappa shape index (κ2) is 9.47. The summed E-state index contributed by atoms with van der Waals surface area (Å²) in [4.78, 5) is 12.5. The summed E-state index contributed by atoms with van der Waals surface area (Å²) in [7, 11) is 0. The lowest BCUT2D eigenvalue weighted by Gasteiger charge is -2.18. The van der Waals surface area contributed by atoms with E-state index in [9.17, 15) is 4.79 Å². The quantitative estimate of drug-likeness (QED) is 0.592. The highest BCUT2D eigenvalue weighted by atomic mass is 16.4. The third kappa shape index (κ3) is 9.23. The van der Waals surface area contributed by atoms with Gasteiger partial charge >= 0.3 is 5.97 Å². The van der Waals surface area contributed by atoms with Gasteiger partial charge in [0.2, 0.25) is 0 Å². The molecule has 0 fully saturated rings. The van der Waals surface area contributed by atoms with Gasteiger partial charge < -0.3 is 10.0 Å². The molecule has 86 valence electrons. The SMILES string of the molecule is CCN(CCC#N)CCCCCC(=O)O. The number of unbranched alkanes of at least 4 members (excludes halogenated alkanes) is 2. The maximum absolute atomic E-state index is 10.2. The van der Waals surface area contributed by atoms with Crippen molar-refractivity contribution in [1.29, 1.82) is 5.26 Å². The summed E-state index contributed by atoms with van der Waals surface area (Å²) < 4.78 is 0. The van der Waals surface area contributed by atoms with Crippen LogP contribution in [0.3, 0.4) is 0 Å². The molecule has 4 nitrogen and oxygen atoms in total. The number of rotatable bonds is 9. The maximum Gasteiger partial charge on any atom is 0.303 e. The van der Waals surface area contributed by atoms with Gasteiger partial charge in [-0.2, -0.15) is 5.26 Å². The first-order chi connectivity index (χ1) is 7.20. The maximum atomic E-state index is 10.2. The largest absolute Gasteiger partial charge is 0.481 e. The second-order valence-corrected chi connectivity index (χ2v) is 3.55.